The minimum absolute atomic E-state index is 0.0527. The molecule has 2 fully saturated rings. The summed E-state index contributed by atoms with van der Waals surface area (Å²) >= 11 is 0. The summed E-state index contributed by atoms with van der Waals surface area (Å²) in [6, 6.07) is 17.2. The Morgan fingerprint density at radius 3 is 2.29 bits per heavy atom. The fraction of sp³-hybridized carbons (Fsp3) is 0.417. The number of hydrogen-bond donors (Lipinski definition) is 1. The van der Waals surface area contributed by atoms with Gasteiger partial charge in [0, 0.05) is 25.7 Å². The van der Waals surface area contributed by atoms with Gasteiger partial charge in [-0.1, -0.05) is 30.3 Å². The van der Waals surface area contributed by atoms with Crippen LogP contribution in [0.25, 0.3) is 0 Å². The molecule has 1 unspecified atom stereocenters. The summed E-state index contributed by atoms with van der Waals surface area (Å²) in [5.74, 6) is 2.82. The van der Waals surface area contributed by atoms with Crippen LogP contribution in [0.5, 0.6) is 5.75 Å². The number of aryl methyl sites for hydroxylation is 1. The van der Waals surface area contributed by atoms with Gasteiger partial charge in [0.15, 0.2) is 5.84 Å². The number of carbonyl (C=O) groups is 1. The van der Waals surface area contributed by atoms with Gasteiger partial charge in [0.1, 0.15) is 5.75 Å². The van der Waals surface area contributed by atoms with Crippen molar-refractivity contribution in [1.29, 1.82) is 0 Å². The molecule has 1 N–H and O–H groups in total. The highest BCUT2D eigenvalue weighted by atomic mass is 16.3. The molecule has 1 heterocycles. The maximum atomic E-state index is 12.9. The molecule has 0 amide bonds. The number of carbonyl (C=O) groups excluding carboxylic acids is 1. The normalized spacial score (nSPS) is 24.4. The Hall–Kier alpha value is -2.62. The number of aromatic hydroxyl groups is 1. The number of Topliss-reactive ketones (excluding diaryl/α,β-unsaturated/α-hetero) is 1. The Balaban J connectivity index is 1.33. The summed E-state index contributed by atoms with van der Waals surface area (Å²) in [5, 5.41) is 9.44. The number of likely N-dealkylation sites (tertiary alicyclic amines) is 1. The first kappa shape index (κ1) is 18.7. The Bertz CT molecular complexity index is 831. The lowest BCUT2D eigenvalue weighted by molar-refractivity contribution is 0.105. The summed E-state index contributed by atoms with van der Waals surface area (Å²) in [7, 11) is 1.70. The first-order valence-corrected chi connectivity index (χ1v) is 10.2. The number of ketones is 1. The standard InChI is InChI=1S/C24H28N2O2/c1-25-24(23(28)19-9-11-22(27)12-10-19)26-15-20-13-18(14-21(20)16-26)8-7-17-5-3-2-4-6-17/h2-6,9-12,18,20-21,27H,7-8,13-16H2,1H3/t18?,20-,21+. The maximum Gasteiger partial charge on any atom is 0.227 e. The third-order valence-corrected chi connectivity index (χ3v) is 6.38. The third-order valence-electron chi connectivity index (χ3n) is 6.38. The monoisotopic (exact) mass is 376 g/mol. The minimum Gasteiger partial charge on any atom is -0.508 e. The van der Waals surface area contributed by atoms with Crippen molar-refractivity contribution in [3.05, 3.63) is 65.7 Å². The van der Waals surface area contributed by atoms with E-state index in [1.165, 1.54) is 24.8 Å². The molecule has 0 bridgehead atoms. The number of benzene rings is 2. The zero-order valence-corrected chi connectivity index (χ0v) is 16.4. The summed E-state index contributed by atoms with van der Waals surface area (Å²) < 4.78 is 0. The van der Waals surface area contributed by atoms with Gasteiger partial charge in [-0.25, -0.2) is 0 Å². The molecule has 28 heavy (non-hydrogen) atoms. The number of phenolic OH excluding ortho intramolecular Hbond substituents is 1. The van der Waals surface area contributed by atoms with E-state index in [1.54, 1.807) is 31.3 Å². The lowest BCUT2D eigenvalue weighted by Gasteiger charge is -2.22. The van der Waals surface area contributed by atoms with Gasteiger partial charge in [0.05, 0.1) is 0 Å². The second-order valence-corrected chi connectivity index (χ2v) is 8.21. The maximum absolute atomic E-state index is 12.9. The van der Waals surface area contributed by atoms with Crippen LogP contribution in [0.15, 0.2) is 59.6 Å². The van der Waals surface area contributed by atoms with Crippen LogP contribution in [0.3, 0.4) is 0 Å². The fourth-order valence-electron chi connectivity index (χ4n) is 4.98. The van der Waals surface area contributed by atoms with Crippen LogP contribution in [0.4, 0.5) is 0 Å². The molecular weight excluding hydrogens is 348 g/mol. The molecule has 4 nitrogen and oxygen atoms in total. The van der Waals surface area contributed by atoms with E-state index in [0.717, 1.165) is 25.4 Å². The van der Waals surface area contributed by atoms with Crippen molar-refractivity contribution in [2.45, 2.75) is 25.7 Å². The number of aliphatic imine (C=N–C) groups is 1. The van der Waals surface area contributed by atoms with Crippen molar-refractivity contribution >= 4 is 11.6 Å². The van der Waals surface area contributed by atoms with E-state index < -0.39 is 0 Å². The number of phenols is 1. The molecule has 3 atom stereocenters. The summed E-state index contributed by atoms with van der Waals surface area (Å²) in [6.45, 7) is 1.87. The number of rotatable bonds is 5. The molecule has 2 aromatic carbocycles. The molecule has 0 aromatic heterocycles. The lowest BCUT2D eigenvalue weighted by atomic mass is 9.96. The van der Waals surface area contributed by atoms with Gasteiger partial charge in [0.2, 0.25) is 5.78 Å². The predicted molar refractivity (Wildman–Crippen MR) is 112 cm³/mol. The largest absolute Gasteiger partial charge is 0.508 e. The number of hydrogen-bond acceptors (Lipinski definition) is 3. The van der Waals surface area contributed by atoms with Crippen LogP contribution in [0.1, 0.15) is 35.2 Å². The molecule has 1 aliphatic carbocycles. The lowest BCUT2D eigenvalue weighted by Crippen LogP contribution is -2.36. The molecule has 1 saturated carbocycles. The Labute approximate surface area is 166 Å². The average molecular weight is 377 g/mol. The fourth-order valence-corrected chi connectivity index (χ4v) is 4.98. The van der Waals surface area contributed by atoms with Crippen LogP contribution in [0, 0.1) is 17.8 Å². The highest BCUT2D eigenvalue weighted by Gasteiger charge is 2.42. The van der Waals surface area contributed by atoms with Crippen molar-refractivity contribution in [1.82, 2.24) is 4.90 Å². The van der Waals surface area contributed by atoms with Crippen molar-refractivity contribution < 1.29 is 9.90 Å². The van der Waals surface area contributed by atoms with Crippen LogP contribution in [-0.4, -0.2) is 41.8 Å². The second-order valence-electron chi connectivity index (χ2n) is 8.21. The number of fused-ring (bicyclic) bond motifs is 1. The van der Waals surface area contributed by atoms with Gasteiger partial charge >= 0.3 is 0 Å². The molecule has 4 heteroatoms. The van der Waals surface area contributed by atoms with Crippen molar-refractivity contribution in [2.24, 2.45) is 22.7 Å². The quantitative estimate of drug-likeness (QED) is 0.483. The van der Waals surface area contributed by atoms with Gasteiger partial charge < -0.3 is 10.0 Å². The van der Waals surface area contributed by atoms with Crippen molar-refractivity contribution in [3.63, 3.8) is 0 Å². The van der Waals surface area contributed by atoms with Gasteiger partial charge in [-0.05, 0) is 73.3 Å². The molecule has 146 valence electrons. The molecular formula is C24H28N2O2. The first-order chi connectivity index (χ1) is 13.6. The third kappa shape index (κ3) is 3.96. The SMILES string of the molecule is CN=C(C(=O)c1ccc(O)cc1)N1C[C@H]2CC(CCc3ccccc3)C[C@H]2C1. The molecule has 1 aliphatic heterocycles. The number of nitrogens with zero attached hydrogens (tertiary/aromatic N) is 2. The van der Waals surface area contributed by atoms with E-state index in [9.17, 15) is 9.90 Å². The second kappa shape index (κ2) is 8.17. The average Bonchev–Trinajstić information content (AvgIpc) is 3.27. The van der Waals surface area contributed by atoms with Gasteiger partial charge in [-0.2, -0.15) is 0 Å². The highest BCUT2D eigenvalue weighted by molar-refractivity contribution is 6.45. The van der Waals surface area contributed by atoms with Crippen LogP contribution < -0.4 is 0 Å². The Morgan fingerprint density at radius 1 is 1.04 bits per heavy atom. The zero-order chi connectivity index (χ0) is 19.5. The molecule has 1 saturated heterocycles. The summed E-state index contributed by atoms with van der Waals surface area (Å²) in [6.07, 6.45) is 4.95. The molecule has 2 aromatic rings. The Kier molecular flexibility index (Phi) is 5.47. The predicted octanol–water partition coefficient (Wildman–Crippen LogP) is 4.19. The summed E-state index contributed by atoms with van der Waals surface area (Å²) in [4.78, 5) is 19.4. The van der Waals surface area contributed by atoms with Gasteiger partial charge in [-0.3, -0.25) is 9.79 Å². The highest BCUT2D eigenvalue weighted by Crippen LogP contribution is 2.43. The van der Waals surface area contributed by atoms with Crippen LogP contribution >= 0.6 is 0 Å². The van der Waals surface area contributed by atoms with Gasteiger partial charge in [0.25, 0.3) is 0 Å². The molecule has 2 aliphatic rings. The van der Waals surface area contributed by atoms with Gasteiger partial charge in [-0.15, -0.1) is 0 Å². The molecule has 0 spiro atoms. The molecule has 0 radical (unpaired) electrons. The summed E-state index contributed by atoms with van der Waals surface area (Å²) in [5.41, 5.74) is 2.01. The van der Waals surface area contributed by atoms with E-state index in [4.69, 9.17) is 0 Å². The minimum atomic E-state index is -0.0527. The van der Waals surface area contributed by atoms with Crippen LogP contribution in [0.2, 0.25) is 0 Å². The van der Waals surface area contributed by atoms with E-state index in [1.807, 2.05) is 0 Å². The number of amidine groups is 1. The zero-order valence-electron chi connectivity index (χ0n) is 16.4. The Morgan fingerprint density at radius 2 is 1.68 bits per heavy atom. The van der Waals surface area contributed by atoms with E-state index in [2.05, 4.69) is 40.2 Å². The van der Waals surface area contributed by atoms with Crippen molar-refractivity contribution in [3.8, 4) is 5.75 Å². The van der Waals surface area contributed by atoms with Crippen LogP contribution in [-0.2, 0) is 6.42 Å². The van der Waals surface area contributed by atoms with E-state index in [0.29, 0.717) is 23.2 Å². The van der Waals surface area contributed by atoms with E-state index in [-0.39, 0.29) is 11.5 Å². The van der Waals surface area contributed by atoms with Crippen molar-refractivity contribution in [2.75, 3.05) is 20.1 Å². The topological polar surface area (TPSA) is 52.9 Å². The van der Waals surface area contributed by atoms with E-state index >= 15 is 0 Å². The first-order valence-electron chi connectivity index (χ1n) is 10.2. The molecule has 4 rings (SSSR count). The smallest absolute Gasteiger partial charge is 0.227 e.